The molecule has 5 heteroatoms. The third-order valence-corrected chi connectivity index (χ3v) is 3.68. The number of pyridine rings is 1. The van der Waals surface area contributed by atoms with Gasteiger partial charge in [0.2, 0.25) is 0 Å². The molecule has 2 heterocycles. The SMILES string of the molecule is Cc1cc(CCN)cnc1Sc1nccn1C. The molecule has 0 aliphatic rings. The Balaban J connectivity index is 2.19. The van der Waals surface area contributed by atoms with Crippen LogP contribution >= 0.6 is 11.8 Å². The Morgan fingerprint density at radius 1 is 1.41 bits per heavy atom. The smallest absolute Gasteiger partial charge is 0.174 e. The topological polar surface area (TPSA) is 56.7 Å². The van der Waals surface area contributed by atoms with Crippen molar-refractivity contribution < 1.29 is 0 Å². The zero-order valence-electron chi connectivity index (χ0n) is 10.1. The highest BCUT2D eigenvalue weighted by atomic mass is 32.2. The molecule has 0 radical (unpaired) electrons. The van der Waals surface area contributed by atoms with E-state index in [4.69, 9.17) is 5.73 Å². The summed E-state index contributed by atoms with van der Waals surface area (Å²) < 4.78 is 1.99. The van der Waals surface area contributed by atoms with Crippen LogP contribution in [-0.2, 0) is 13.5 Å². The van der Waals surface area contributed by atoms with Gasteiger partial charge >= 0.3 is 0 Å². The van der Waals surface area contributed by atoms with E-state index in [1.165, 1.54) is 11.1 Å². The van der Waals surface area contributed by atoms with Gasteiger partial charge in [-0.2, -0.15) is 0 Å². The van der Waals surface area contributed by atoms with E-state index in [0.717, 1.165) is 16.6 Å². The van der Waals surface area contributed by atoms with Crippen molar-refractivity contribution in [1.29, 1.82) is 0 Å². The summed E-state index contributed by atoms with van der Waals surface area (Å²) in [5.74, 6) is 0. The van der Waals surface area contributed by atoms with E-state index < -0.39 is 0 Å². The number of hydrogen-bond acceptors (Lipinski definition) is 4. The van der Waals surface area contributed by atoms with Gasteiger partial charge in [0.25, 0.3) is 0 Å². The van der Waals surface area contributed by atoms with E-state index in [1.54, 1.807) is 18.0 Å². The van der Waals surface area contributed by atoms with Gasteiger partial charge in [-0.15, -0.1) is 0 Å². The average molecular weight is 248 g/mol. The van der Waals surface area contributed by atoms with Crippen LogP contribution < -0.4 is 5.73 Å². The fourth-order valence-electron chi connectivity index (χ4n) is 1.57. The first kappa shape index (κ1) is 12.1. The first-order chi connectivity index (χ1) is 8.20. The minimum absolute atomic E-state index is 0.660. The summed E-state index contributed by atoms with van der Waals surface area (Å²) in [5, 5.41) is 1.95. The molecule has 0 saturated carbocycles. The van der Waals surface area contributed by atoms with Gasteiger partial charge in [-0.1, -0.05) is 6.07 Å². The predicted molar refractivity (Wildman–Crippen MR) is 69.1 cm³/mol. The minimum Gasteiger partial charge on any atom is -0.330 e. The minimum atomic E-state index is 0.660. The Hall–Kier alpha value is -1.33. The van der Waals surface area contributed by atoms with Gasteiger partial charge in [-0.05, 0) is 42.8 Å². The molecule has 0 aliphatic heterocycles. The Bertz CT molecular complexity index is 507. The van der Waals surface area contributed by atoms with Gasteiger partial charge in [0.05, 0.1) is 0 Å². The molecular formula is C12H16N4S. The van der Waals surface area contributed by atoms with Crippen LogP contribution in [0.1, 0.15) is 11.1 Å². The lowest BCUT2D eigenvalue weighted by atomic mass is 10.2. The lowest BCUT2D eigenvalue weighted by Crippen LogP contribution is -2.03. The van der Waals surface area contributed by atoms with Crippen LogP contribution in [0.15, 0.2) is 34.8 Å². The second kappa shape index (κ2) is 5.33. The normalized spacial score (nSPS) is 10.8. The summed E-state index contributed by atoms with van der Waals surface area (Å²) in [4.78, 5) is 8.74. The van der Waals surface area contributed by atoms with Gasteiger partial charge in [-0.25, -0.2) is 9.97 Å². The molecule has 0 unspecified atom stereocenters. The maximum atomic E-state index is 5.53. The number of hydrogen-bond donors (Lipinski definition) is 1. The van der Waals surface area contributed by atoms with E-state index in [-0.39, 0.29) is 0 Å². The second-order valence-electron chi connectivity index (χ2n) is 3.93. The van der Waals surface area contributed by atoms with E-state index in [2.05, 4.69) is 23.0 Å². The number of nitrogens with two attached hydrogens (primary N) is 1. The molecule has 0 atom stereocenters. The molecule has 2 aromatic rings. The van der Waals surface area contributed by atoms with E-state index in [9.17, 15) is 0 Å². The third-order valence-electron chi connectivity index (χ3n) is 2.48. The summed E-state index contributed by atoms with van der Waals surface area (Å²) in [5.41, 5.74) is 7.89. The summed E-state index contributed by atoms with van der Waals surface area (Å²) in [6.07, 6.45) is 6.49. The summed E-state index contributed by atoms with van der Waals surface area (Å²) in [6.45, 7) is 2.73. The highest BCUT2D eigenvalue weighted by Crippen LogP contribution is 2.26. The number of aryl methyl sites for hydroxylation is 2. The first-order valence-corrected chi connectivity index (χ1v) is 6.33. The fourth-order valence-corrected chi connectivity index (χ4v) is 2.38. The molecule has 2 N–H and O–H groups in total. The molecule has 0 bridgehead atoms. The predicted octanol–water partition coefficient (Wildman–Crippen LogP) is 1.78. The van der Waals surface area contributed by atoms with Gasteiger partial charge in [0.15, 0.2) is 5.16 Å². The van der Waals surface area contributed by atoms with E-state index >= 15 is 0 Å². The van der Waals surface area contributed by atoms with Crippen molar-refractivity contribution in [2.24, 2.45) is 12.8 Å². The monoisotopic (exact) mass is 248 g/mol. The molecule has 0 aliphatic carbocycles. The highest BCUT2D eigenvalue weighted by molar-refractivity contribution is 7.99. The summed E-state index contributed by atoms with van der Waals surface area (Å²) in [7, 11) is 1.98. The van der Waals surface area contributed by atoms with Crippen LogP contribution in [-0.4, -0.2) is 21.1 Å². The summed E-state index contributed by atoms with van der Waals surface area (Å²) in [6, 6.07) is 2.14. The number of rotatable bonds is 4. The van der Waals surface area contributed by atoms with Crippen molar-refractivity contribution in [3.63, 3.8) is 0 Å². The molecule has 0 aromatic carbocycles. The fraction of sp³-hybridized carbons (Fsp3) is 0.333. The molecular weight excluding hydrogens is 232 g/mol. The molecule has 90 valence electrons. The number of nitrogens with zero attached hydrogens (tertiary/aromatic N) is 3. The van der Waals surface area contributed by atoms with Crippen molar-refractivity contribution >= 4 is 11.8 Å². The van der Waals surface area contributed by atoms with Crippen LogP contribution in [0, 0.1) is 6.92 Å². The molecule has 0 amide bonds. The molecule has 0 saturated heterocycles. The number of imidazole rings is 1. The van der Waals surface area contributed by atoms with Gasteiger partial charge in [-0.3, -0.25) is 0 Å². The lowest BCUT2D eigenvalue weighted by molar-refractivity contribution is 0.788. The highest BCUT2D eigenvalue weighted by Gasteiger charge is 2.07. The maximum absolute atomic E-state index is 5.53. The van der Waals surface area contributed by atoms with E-state index in [1.807, 2.05) is 24.0 Å². The lowest BCUT2D eigenvalue weighted by Gasteiger charge is -2.06. The standard InChI is InChI=1S/C12H16N4S/c1-9-7-10(3-4-13)8-15-11(9)17-12-14-5-6-16(12)2/h5-8H,3-4,13H2,1-2H3. The third kappa shape index (κ3) is 2.87. The maximum Gasteiger partial charge on any atom is 0.174 e. The Labute approximate surface area is 105 Å². The van der Waals surface area contributed by atoms with Crippen molar-refractivity contribution in [1.82, 2.24) is 14.5 Å². The van der Waals surface area contributed by atoms with E-state index in [0.29, 0.717) is 6.54 Å². The van der Waals surface area contributed by atoms with Gasteiger partial charge < -0.3 is 10.3 Å². The zero-order valence-corrected chi connectivity index (χ0v) is 10.9. The van der Waals surface area contributed by atoms with Crippen molar-refractivity contribution in [2.45, 2.75) is 23.5 Å². The Kier molecular flexibility index (Phi) is 3.81. The second-order valence-corrected chi connectivity index (χ2v) is 4.88. The average Bonchev–Trinajstić information content (AvgIpc) is 2.69. The largest absolute Gasteiger partial charge is 0.330 e. The zero-order chi connectivity index (χ0) is 12.3. The van der Waals surface area contributed by atoms with Crippen LogP contribution in [0.4, 0.5) is 0 Å². The molecule has 2 rings (SSSR count). The van der Waals surface area contributed by atoms with Gasteiger partial charge in [0, 0.05) is 25.6 Å². The van der Waals surface area contributed by atoms with Crippen molar-refractivity contribution in [3.05, 3.63) is 35.8 Å². The van der Waals surface area contributed by atoms with Crippen LogP contribution in [0.2, 0.25) is 0 Å². The summed E-state index contributed by atoms with van der Waals surface area (Å²) >= 11 is 1.58. The van der Waals surface area contributed by atoms with Gasteiger partial charge in [0.1, 0.15) is 5.03 Å². The number of aromatic nitrogens is 3. The van der Waals surface area contributed by atoms with Crippen LogP contribution in [0.5, 0.6) is 0 Å². The van der Waals surface area contributed by atoms with Crippen LogP contribution in [0.25, 0.3) is 0 Å². The quantitative estimate of drug-likeness (QED) is 0.896. The van der Waals surface area contributed by atoms with Crippen LogP contribution in [0.3, 0.4) is 0 Å². The van der Waals surface area contributed by atoms with Crippen molar-refractivity contribution in [2.75, 3.05) is 6.54 Å². The van der Waals surface area contributed by atoms with Crippen molar-refractivity contribution in [3.8, 4) is 0 Å². The Morgan fingerprint density at radius 2 is 2.24 bits per heavy atom. The molecule has 4 nitrogen and oxygen atoms in total. The molecule has 2 aromatic heterocycles. The molecule has 0 fully saturated rings. The Morgan fingerprint density at radius 3 is 2.82 bits per heavy atom. The molecule has 17 heavy (non-hydrogen) atoms. The first-order valence-electron chi connectivity index (χ1n) is 5.51. The molecule has 0 spiro atoms.